The lowest BCUT2D eigenvalue weighted by molar-refractivity contribution is 0.333. The van der Waals surface area contributed by atoms with E-state index in [2.05, 4.69) is 4.18 Å². The number of hydrogen-bond acceptors (Lipinski definition) is 5. The zero-order valence-electron chi connectivity index (χ0n) is 5.68. The van der Waals surface area contributed by atoms with Crippen LogP contribution in [0.4, 0.5) is 0 Å². The highest BCUT2D eigenvalue weighted by Crippen LogP contribution is 1.89. The summed E-state index contributed by atoms with van der Waals surface area (Å²) in [5.74, 6) is -0.833. The van der Waals surface area contributed by atoms with Crippen LogP contribution < -0.4 is 0 Å². The summed E-state index contributed by atoms with van der Waals surface area (Å²) in [6.07, 6.45) is 0.768. The lowest BCUT2D eigenvalue weighted by Gasteiger charge is -1.96. The first-order valence-electron chi connectivity index (χ1n) is 2.49. The summed E-state index contributed by atoms with van der Waals surface area (Å²) >= 11 is 0. The van der Waals surface area contributed by atoms with Gasteiger partial charge in [0.1, 0.15) is 5.75 Å². The van der Waals surface area contributed by atoms with Crippen molar-refractivity contribution in [1.82, 2.24) is 0 Å². The van der Waals surface area contributed by atoms with Gasteiger partial charge in [-0.3, -0.25) is 4.18 Å². The highest BCUT2D eigenvalue weighted by atomic mass is 32.2. The first-order valence-corrected chi connectivity index (χ1v) is 5.88. The molecule has 0 aromatic rings. The molecule has 0 aliphatic heterocycles. The van der Waals surface area contributed by atoms with Gasteiger partial charge in [0.15, 0.2) is 0 Å². The summed E-state index contributed by atoms with van der Waals surface area (Å²) in [7, 11) is -8.04. The van der Waals surface area contributed by atoms with Crippen molar-refractivity contribution in [2.24, 2.45) is 0 Å². The molecule has 67 valence electrons. The van der Waals surface area contributed by atoms with Crippen LogP contribution in [0.5, 0.6) is 0 Å². The second-order valence-corrected chi connectivity index (χ2v) is 4.96. The summed E-state index contributed by atoms with van der Waals surface area (Å²) in [6.45, 7) is -0.620. The summed E-state index contributed by atoms with van der Waals surface area (Å²) < 4.78 is 54.1. The molecule has 1 radical (unpaired) electrons. The Balaban J connectivity index is 3.79. The zero-order valence-corrected chi connectivity index (χ0v) is 7.31. The smallest absolute Gasteiger partial charge is 0.269 e. The van der Waals surface area contributed by atoms with Crippen LogP contribution in [0.3, 0.4) is 0 Å². The van der Waals surface area contributed by atoms with Gasteiger partial charge in [-0.2, -0.15) is 16.8 Å². The van der Waals surface area contributed by atoms with E-state index in [1.54, 1.807) is 0 Å². The van der Waals surface area contributed by atoms with Crippen LogP contribution in [0, 0.1) is 0 Å². The predicted molar refractivity (Wildman–Crippen MR) is 35.3 cm³/mol. The van der Waals surface area contributed by atoms with Crippen LogP contribution in [0.2, 0.25) is 0 Å². The fraction of sp³-hybridized carbons (Fsp3) is 1.00. The number of rotatable bonds is 4. The number of hydrogen-bond donors (Lipinski definition) is 0. The Hall–Kier alpha value is -0.180. The average molecular weight is 203 g/mol. The summed E-state index contributed by atoms with van der Waals surface area (Å²) in [5.41, 5.74) is 0. The minimum absolute atomic E-state index is 0.620. The van der Waals surface area contributed by atoms with Crippen LogP contribution in [-0.2, 0) is 29.0 Å². The summed E-state index contributed by atoms with van der Waals surface area (Å²) in [6, 6.07) is 0. The fourth-order valence-corrected chi connectivity index (χ4v) is 1.07. The molecule has 6 nitrogen and oxygen atoms in total. The van der Waals surface area contributed by atoms with Crippen molar-refractivity contribution >= 4 is 20.2 Å². The molecule has 0 spiro atoms. The van der Waals surface area contributed by atoms with Crippen molar-refractivity contribution in [3.05, 3.63) is 0 Å². The van der Waals surface area contributed by atoms with Crippen molar-refractivity contribution in [2.45, 2.75) is 0 Å². The van der Waals surface area contributed by atoms with E-state index in [0.717, 1.165) is 6.26 Å². The summed E-state index contributed by atoms with van der Waals surface area (Å²) in [4.78, 5) is 0. The minimum atomic E-state index is -4.39. The highest BCUT2D eigenvalue weighted by Gasteiger charge is 2.09. The Morgan fingerprint density at radius 2 is 1.64 bits per heavy atom. The fourth-order valence-electron chi connectivity index (χ4n) is 0.287. The SMILES string of the molecule is CS(=O)(=O)OCCS([O])(=O)=O. The molecule has 0 atom stereocenters. The van der Waals surface area contributed by atoms with Gasteiger partial charge in [-0.15, -0.1) is 0 Å². The predicted octanol–water partition coefficient (Wildman–Crippen LogP) is -1.28. The second kappa shape index (κ2) is 3.48. The van der Waals surface area contributed by atoms with Gasteiger partial charge >= 0.3 is 0 Å². The molecule has 0 unspecified atom stereocenters. The van der Waals surface area contributed by atoms with E-state index < -0.39 is 32.6 Å². The topological polar surface area (TPSA) is 97.4 Å². The Bertz CT molecular complexity index is 265. The van der Waals surface area contributed by atoms with Gasteiger partial charge in [0.05, 0.1) is 12.9 Å². The third-order valence-electron chi connectivity index (χ3n) is 0.631. The van der Waals surface area contributed by atoms with Crippen LogP contribution >= 0.6 is 0 Å². The van der Waals surface area contributed by atoms with Crippen molar-refractivity contribution in [2.75, 3.05) is 18.6 Å². The molecule has 8 heteroatoms. The van der Waals surface area contributed by atoms with Crippen molar-refractivity contribution in [1.29, 1.82) is 0 Å². The van der Waals surface area contributed by atoms with Gasteiger partial charge in [-0.1, -0.05) is 4.55 Å². The quantitative estimate of drug-likeness (QED) is 0.530. The molecule has 0 aliphatic rings. The van der Waals surface area contributed by atoms with E-state index in [1.165, 1.54) is 0 Å². The van der Waals surface area contributed by atoms with E-state index in [1.807, 2.05) is 0 Å². The largest absolute Gasteiger partial charge is 0.296 e. The first kappa shape index (κ1) is 10.8. The van der Waals surface area contributed by atoms with Crippen molar-refractivity contribution < 1.29 is 25.6 Å². The Morgan fingerprint density at radius 1 is 1.18 bits per heavy atom. The molecule has 0 rings (SSSR count). The van der Waals surface area contributed by atoms with Crippen LogP contribution in [0.1, 0.15) is 0 Å². The Labute approximate surface area is 65.0 Å². The van der Waals surface area contributed by atoms with Crippen molar-refractivity contribution in [3.63, 3.8) is 0 Å². The highest BCUT2D eigenvalue weighted by molar-refractivity contribution is 7.86. The molecule has 0 amide bonds. The van der Waals surface area contributed by atoms with E-state index >= 15 is 0 Å². The summed E-state index contributed by atoms with van der Waals surface area (Å²) in [5, 5.41) is 0. The third-order valence-corrected chi connectivity index (χ3v) is 1.89. The zero-order chi connectivity index (χ0) is 9.12. The van der Waals surface area contributed by atoms with Gasteiger partial charge in [-0.25, -0.2) is 0 Å². The molecule has 0 saturated carbocycles. The standard InChI is InChI=1S/C3H7O6S2/c1-10(4,5)9-2-3-11(6,7)8/h2-3H2,1H3. The van der Waals surface area contributed by atoms with Crippen molar-refractivity contribution in [3.8, 4) is 0 Å². The van der Waals surface area contributed by atoms with Gasteiger partial charge in [0.25, 0.3) is 20.2 Å². The van der Waals surface area contributed by atoms with Crippen LogP contribution in [-0.4, -0.2) is 35.5 Å². The molecule has 0 saturated heterocycles. The molecule has 0 fully saturated rings. The van der Waals surface area contributed by atoms with E-state index in [4.69, 9.17) is 0 Å². The molecule has 0 aliphatic carbocycles. The van der Waals surface area contributed by atoms with E-state index in [9.17, 15) is 21.4 Å². The van der Waals surface area contributed by atoms with E-state index in [-0.39, 0.29) is 0 Å². The third kappa shape index (κ3) is 9.82. The van der Waals surface area contributed by atoms with Gasteiger partial charge < -0.3 is 0 Å². The molecular weight excluding hydrogens is 196 g/mol. The molecule has 0 bridgehead atoms. The maximum atomic E-state index is 10.2. The van der Waals surface area contributed by atoms with Gasteiger partial charge in [0, 0.05) is 0 Å². The lowest BCUT2D eigenvalue weighted by atomic mass is 10.9. The van der Waals surface area contributed by atoms with Gasteiger partial charge in [0.2, 0.25) is 0 Å². The lowest BCUT2D eigenvalue weighted by Crippen LogP contribution is -2.12. The minimum Gasteiger partial charge on any atom is -0.269 e. The molecule has 11 heavy (non-hydrogen) atoms. The first-order chi connectivity index (χ1) is 4.71. The van der Waals surface area contributed by atoms with Crippen LogP contribution in [0.25, 0.3) is 0 Å². The molecule has 0 N–H and O–H groups in total. The average Bonchev–Trinajstić information content (AvgIpc) is 1.55. The maximum absolute atomic E-state index is 10.2. The Morgan fingerprint density at radius 3 is 1.91 bits per heavy atom. The molecule has 0 aromatic heterocycles. The Kier molecular flexibility index (Phi) is 3.42. The van der Waals surface area contributed by atoms with Crippen LogP contribution in [0.15, 0.2) is 0 Å². The molecular formula is C3H7O6S2. The molecule has 0 aromatic carbocycles. The monoisotopic (exact) mass is 203 g/mol. The van der Waals surface area contributed by atoms with Gasteiger partial charge in [-0.05, 0) is 0 Å². The second-order valence-electron chi connectivity index (χ2n) is 1.79. The molecule has 0 heterocycles. The normalized spacial score (nSPS) is 13.3. The maximum Gasteiger partial charge on any atom is 0.296 e. The van der Waals surface area contributed by atoms with E-state index in [0.29, 0.717) is 0 Å².